The van der Waals surface area contributed by atoms with Crippen molar-refractivity contribution in [3.8, 4) is 0 Å². The number of benzene rings is 3. The molecule has 1 aliphatic carbocycles. The Balaban J connectivity index is 1.16. The second-order valence-electron chi connectivity index (χ2n) is 9.44. The molecule has 1 aromatic heterocycles. The fourth-order valence-electron chi connectivity index (χ4n) is 4.87. The van der Waals surface area contributed by atoms with Crippen molar-refractivity contribution in [2.45, 2.75) is 50.9 Å². The molecule has 0 aliphatic heterocycles. The maximum Gasteiger partial charge on any atom is 0.315 e. The first-order valence-corrected chi connectivity index (χ1v) is 12.5. The molecule has 3 N–H and O–H groups in total. The number of hydrogen-bond acceptors (Lipinski definition) is 3. The smallest absolute Gasteiger partial charge is 0.315 e. The van der Waals surface area contributed by atoms with Crippen molar-refractivity contribution in [2.75, 3.05) is 0 Å². The first kappa shape index (κ1) is 23.6. The van der Waals surface area contributed by atoms with Gasteiger partial charge in [0.15, 0.2) is 0 Å². The molecule has 0 atom stereocenters. The lowest BCUT2D eigenvalue weighted by Gasteiger charge is -2.29. The molecule has 1 aliphatic rings. The number of nitrogens with one attached hydrogen (secondary N) is 3. The van der Waals surface area contributed by atoms with Crippen LogP contribution in [-0.4, -0.2) is 27.0 Å². The minimum atomic E-state index is -0.858. The van der Waals surface area contributed by atoms with Crippen LogP contribution >= 0.6 is 0 Å². The summed E-state index contributed by atoms with van der Waals surface area (Å²) in [6.07, 6.45) is 5.00. The molecule has 3 aromatic carbocycles. The first-order chi connectivity index (χ1) is 17.6. The van der Waals surface area contributed by atoms with Crippen molar-refractivity contribution in [3.63, 3.8) is 0 Å². The summed E-state index contributed by atoms with van der Waals surface area (Å²) in [6, 6.07) is 25.7. The summed E-state index contributed by atoms with van der Waals surface area (Å²) in [7, 11) is 0. The molecule has 36 heavy (non-hydrogen) atoms. The number of fused-ring (bicyclic) bond motifs is 1. The lowest BCUT2D eigenvalue weighted by atomic mass is 9.96. The molecule has 4 aromatic rings. The van der Waals surface area contributed by atoms with Gasteiger partial charge in [-0.2, -0.15) is 0 Å². The highest BCUT2D eigenvalue weighted by molar-refractivity contribution is 5.91. The number of hydrogen-bond donors (Lipinski definition) is 3. The van der Waals surface area contributed by atoms with Crippen LogP contribution in [0.1, 0.15) is 42.4 Å². The molecule has 7 heteroatoms. The molecule has 1 fully saturated rings. The molecule has 0 spiro atoms. The van der Waals surface area contributed by atoms with Crippen molar-refractivity contribution in [1.82, 2.24) is 25.5 Å². The van der Waals surface area contributed by atoms with E-state index in [2.05, 4.69) is 43.7 Å². The summed E-state index contributed by atoms with van der Waals surface area (Å²) < 4.78 is 2.13. The van der Waals surface area contributed by atoms with Crippen molar-refractivity contribution < 1.29 is 9.59 Å². The van der Waals surface area contributed by atoms with Crippen LogP contribution in [0.15, 0.2) is 85.2 Å². The van der Waals surface area contributed by atoms with E-state index in [1.54, 1.807) is 0 Å². The van der Waals surface area contributed by atoms with E-state index in [1.807, 2.05) is 67.0 Å². The third-order valence-electron chi connectivity index (χ3n) is 6.90. The number of imidazole rings is 1. The van der Waals surface area contributed by atoms with Gasteiger partial charge in [0, 0.05) is 19.6 Å². The van der Waals surface area contributed by atoms with Crippen LogP contribution in [0.4, 0.5) is 4.79 Å². The third-order valence-corrected chi connectivity index (χ3v) is 6.90. The van der Waals surface area contributed by atoms with Gasteiger partial charge in [-0.25, -0.2) is 9.78 Å². The standard InChI is InChI=1S/C29H31N5O2/c35-27(29(16-6-7-17-29)33-28(36)31-19-22-8-2-1-3-9-22)30-18-23-12-14-24(15-13-23)20-34-21-32-25-10-4-5-11-26(25)34/h1-5,8-15,21H,6-7,16-20H2,(H,30,35)(H2,31,33,36). The highest BCUT2D eigenvalue weighted by atomic mass is 16.2. The Morgan fingerprint density at radius 1 is 0.778 bits per heavy atom. The first-order valence-electron chi connectivity index (χ1n) is 12.5. The molecule has 1 saturated carbocycles. The Kier molecular flexibility index (Phi) is 6.98. The molecule has 3 amide bonds. The molecule has 1 heterocycles. The number of carbonyl (C=O) groups excluding carboxylic acids is 2. The van der Waals surface area contributed by atoms with Crippen LogP contribution in [0.3, 0.4) is 0 Å². The van der Waals surface area contributed by atoms with Crippen molar-refractivity contribution in [1.29, 1.82) is 0 Å². The van der Waals surface area contributed by atoms with Gasteiger partial charge < -0.3 is 20.5 Å². The van der Waals surface area contributed by atoms with Gasteiger partial charge >= 0.3 is 6.03 Å². The van der Waals surface area contributed by atoms with Crippen LogP contribution in [0.25, 0.3) is 11.0 Å². The van der Waals surface area contributed by atoms with E-state index in [0.717, 1.165) is 47.1 Å². The predicted molar refractivity (Wildman–Crippen MR) is 140 cm³/mol. The lowest BCUT2D eigenvalue weighted by molar-refractivity contribution is -0.127. The summed E-state index contributed by atoms with van der Waals surface area (Å²) >= 11 is 0. The van der Waals surface area contributed by atoms with E-state index in [1.165, 1.54) is 0 Å². The fourth-order valence-corrected chi connectivity index (χ4v) is 4.87. The summed E-state index contributed by atoms with van der Waals surface area (Å²) in [5, 5.41) is 8.91. The third kappa shape index (κ3) is 5.40. The second-order valence-corrected chi connectivity index (χ2v) is 9.44. The molecular formula is C29H31N5O2. The average Bonchev–Trinajstić information content (AvgIpc) is 3.56. The van der Waals surface area contributed by atoms with Crippen molar-refractivity contribution in [3.05, 3.63) is 102 Å². The quantitative estimate of drug-likeness (QED) is 0.346. The van der Waals surface area contributed by atoms with E-state index in [-0.39, 0.29) is 11.9 Å². The van der Waals surface area contributed by atoms with E-state index < -0.39 is 5.54 Å². The van der Waals surface area contributed by atoms with Gasteiger partial charge in [-0.1, -0.05) is 79.6 Å². The zero-order chi connectivity index (χ0) is 24.8. The van der Waals surface area contributed by atoms with E-state index in [0.29, 0.717) is 25.9 Å². The van der Waals surface area contributed by atoms with Gasteiger partial charge in [-0.3, -0.25) is 4.79 Å². The monoisotopic (exact) mass is 481 g/mol. The molecule has 0 radical (unpaired) electrons. The number of para-hydroxylation sites is 2. The zero-order valence-electron chi connectivity index (χ0n) is 20.2. The molecule has 0 unspecified atom stereocenters. The van der Waals surface area contributed by atoms with Crippen LogP contribution in [0.5, 0.6) is 0 Å². The number of rotatable bonds is 8. The largest absolute Gasteiger partial charge is 0.350 e. The van der Waals surface area contributed by atoms with E-state index in [4.69, 9.17) is 0 Å². The van der Waals surface area contributed by atoms with Crippen molar-refractivity contribution in [2.24, 2.45) is 0 Å². The van der Waals surface area contributed by atoms with Crippen LogP contribution in [-0.2, 0) is 24.4 Å². The normalized spacial score (nSPS) is 14.4. The highest BCUT2D eigenvalue weighted by Gasteiger charge is 2.42. The van der Waals surface area contributed by atoms with Gasteiger partial charge in [0.25, 0.3) is 0 Å². The number of amides is 3. The predicted octanol–water partition coefficient (Wildman–Crippen LogP) is 4.51. The number of aromatic nitrogens is 2. The minimum absolute atomic E-state index is 0.121. The van der Waals surface area contributed by atoms with Gasteiger partial charge in [-0.05, 0) is 41.7 Å². The maximum absolute atomic E-state index is 13.2. The van der Waals surface area contributed by atoms with Gasteiger partial charge in [0.1, 0.15) is 5.54 Å². The van der Waals surface area contributed by atoms with Gasteiger partial charge in [0.05, 0.1) is 17.4 Å². The average molecular weight is 482 g/mol. The molecular weight excluding hydrogens is 450 g/mol. The second kappa shape index (κ2) is 10.6. The summed E-state index contributed by atoms with van der Waals surface area (Å²) in [6.45, 7) is 1.58. The Bertz CT molecular complexity index is 1320. The Morgan fingerprint density at radius 3 is 2.19 bits per heavy atom. The maximum atomic E-state index is 13.2. The van der Waals surface area contributed by atoms with Crippen LogP contribution < -0.4 is 16.0 Å². The summed E-state index contributed by atoms with van der Waals surface area (Å²) in [5.41, 5.74) is 4.43. The van der Waals surface area contributed by atoms with Crippen molar-refractivity contribution >= 4 is 23.0 Å². The Morgan fingerprint density at radius 2 is 1.42 bits per heavy atom. The highest BCUT2D eigenvalue weighted by Crippen LogP contribution is 2.30. The number of urea groups is 1. The Labute approximate surface area is 210 Å². The topological polar surface area (TPSA) is 88.0 Å². The number of nitrogens with zero attached hydrogens (tertiary/aromatic N) is 2. The molecule has 0 bridgehead atoms. The lowest BCUT2D eigenvalue weighted by Crippen LogP contribution is -2.59. The van der Waals surface area contributed by atoms with Crippen LogP contribution in [0, 0.1) is 0 Å². The molecule has 5 rings (SSSR count). The van der Waals surface area contributed by atoms with Crippen LogP contribution in [0.2, 0.25) is 0 Å². The Hall–Kier alpha value is -4.13. The zero-order valence-corrected chi connectivity index (χ0v) is 20.2. The summed E-state index contributed by atoms with van der Waals surface area (Å²) in [5.74, 6) is -0.121. The molecule has 0 saturated heterocycles. The van der Waals surface area contributed by atoms with Gasteiger partial charge in [-0.15, -0.1) is 0 Å². The van der Waals surface area contributed by atoms with E-state index >= 15 is 0 Å². The fraction of sp³-hybridized carbons (Fsp3) is 0.276. The SMILES string of the molecule is O=C(NCc1ccccc1)NC1(C(=O)NCc2ccc(Cn3cnc4ccccc43)cc2)CCCC1. The van der Waals surface area contributed by atoms with Gasteiger partial charge in [0.2, 0.25) is 5.91 Å². The minimum Gasteiger partial charge on any atom is -0.350 e. The molecule has 184 valence electrons. The number of carbonyl (C=O) groups is 2. The van der Waals surface area contributed by atoms with E-state index in [9.17, 15) is 9.59 Å². The molecule has 7 nitrogen and oxygen atoms in total. The summed E-state index contributed by atoms with van der Waals surface area (Å²) in [4.78, 5) is 30.2.